The molecule has 0 unspecified atom stereocenters. The lowest BCUT2D eigenvalue weighted by atomic mass is 10.2. The minimum atomic E-state index is 0.543. The molecule has 0 aliphatic carbocycles. The van der Waals surface area contributed by atoms with Crippen LogP contribution in [0.5, 0.6) is 0 Å². The summed E-state index contributed by atoms with van der Waals surface area (Å²) in [6.07, 6.45) is 1.24. The number of rotatable bonds is 5. The normalized spacial score (nSPS) is 11.0. The highest BCUT2D eigenvalue weighted by atomic mass is 35.5. The number of thioether (sulfide) groups is 1. The molecule has 2 nitrogen and oxygen atoms in total. The highest BCUT2D eigenvalue weighted by Gasteiger charge is 2.01. The van der Waals surface area contributed by atoms with Gasteiger partial charge < -0.3 is 0 Å². The Kier molecular flexibility index (Phi) is 5.40. The predicted molar refractivity (Wildman–Crippen MR) is 67.4 cm³/mol. The number of nitrogens with zero attached hydrogens (tertiary/aromatic N) is 2. The molecule has 0 spiro atoms. The molecule has 15 heavy (non-hydrogen) atoms. The fraction of sp³-hybridized carbons (Fsp3) is 0.636. The largest absolute Gasteiger partial charge is 0.237 e. The van der Waals surface area contributed by atoms with Crippen LogP contribution < -0.4 is 0 Å². The number of hydrogen-bond acceptors (Lipinski definition) is 3. The molecule has 0 aliphatic rings. The van der Waals surface area contributed by atoms with Crippen molar-refractivity contribution >= 4 is 23.4 Å². The van der Waals surface area contributed by atoms with Gasteiger partial charge in [0.15, 0.2) is 0 Å². The van der Waals surface area contributed by atoms with Gasteiger partial charge in [-0.05, 0) is 31.1 Å². The zero-order valence-electron chi connectivity index (χ0n) is 9.46. The lowest BCUT2D eigenvalue weighted by molar-refractivity contribution is 0.632. The maximum absolute atomic E-state index is 5.85. The average Bonchev–Trinajstić information content (AvgIpc) is 2.10. The van der Waals surface area contributed by atoms with Crippen molar-refractivity contribution in [1.29, 1.82) is 0 Å². The Balaban J connectivity index is 2.37. The lowest BCUT2D eigenvalue weighted by Crippen LogP contribution is -1.97. The third-order valence-electron chi connectivity index (χ3n) is 1.94. The second-order valence-corrected chi connectivity index (χ2v) is 5.48. The summed E-state index contributed by atoms with van der Waals surface area (Å²) in [5.74, 6) is 3.62. The Morgan fingerprint density at radius 1 is 1.40 bits per heavy atom. The van der Waals surface area contributed by atoms with Gasteiger partial charge in [0.05, 0.1) is 5.75 Å². The van der Waals surface area contributed by atoms with E-state index in [-0.39, 0.29) is 0 Å². The van der Waals surface area contributed by atoms with Gasteiger partial charge in [-0.2, -0.15) is 11.8 Å². The van der Waals surface area contributed by atoms with Crippen LogP contribution >= 0.6 is 23.4 Å². The quantitative estimate of drug-likeness (QED) is 0.583. The first-order valence-electron chi connectivity index (χ1n) is 5.15. The second kappa shape index (κ2) is 6.33. The molecule has 0 fully saturated rings. The molecule has 4 heteroatoms. The van der Waals surface area contributed by atoms with Crippen molar-refractivity contribution in [3.63, 3.8) is 0 Å². The van der Waals surface area contributed by atoms with Crippen LogP contribution in [0.2, 0.25) is 5.15 Å². The molecule has 84 valence electrons. The number of halogens is 1. The average molecular weight is 245 g/mol. The minimum absolute atomic E-state index is 0.543. The molecule has 0 N–H and O–H groups in total. The van der Waals surface area contributed by atoms with Crippen LogP contribution in [0.1, 0.15) is 31.8 Å². The van der Waals surface area contributed by atoms with E-state index in [0.29, 0.717) is 5.15 Å². The van der Waals surface area contributed by atoms with E-state index in [1.54, 1.807) is 6.07 Å². The van der Waals surface area contributed by atoms with Crippen molar-refractivity contribution in [1.82, 2.24) is 9.97 Å². The van der Waals surface area contributed by atoms with Gasteiger partial charge in [-0.25, -0.2) is 9.97 Å². The fourth-order valence-electron chi connectivity index (χ4n) is 1.14. The smallest absolute Gasteiger partial charge is 0.140 e. The van der Waals surface area contributed by atoms with Gasteiger partial charge in [-0.3, -0.25) is 0 Å². The minimum Gasteiger partial charge on any atom is -0.237 e. The summed E-state index contributed by atoms with van der Waals surface area (Å²) >= 11 is 7.72. The van der Waals surface area contributed by atoms with E-state index in [0.717, 1.165) is 28.9 Å². The first-order chi connectivity index (χ1) is 7.08. The van der Waals surface area contributed by atoms with Crippen molar-refractivity contribution < 1.29 is 0 Å². The molecule has 1 aromatic heterocycles. The van der Waals surface area contributed by atoms with E-state index in [2.05, 4.69) is 23.8 Å². The molecule has 0 radical (unpaired) electrons. The Morgan fingerprint density at radius 3 is 2.73 bits per heavy atom. The van der Waals surface area contributed by atoms with E-state index in [9.17, 15) is 0 Å². The third-order valence-corrected chi connectivity index (χ3v) is 3.12. The number of aromatic nitrogens is 2. The number of aryl methyl sites for hydroxylation is 1. The van der Waals surface area contributed by atoms with E-state index >= 15 is 0 Å². The molecule has 0 atom stereocenters. The van der Waals surface area contributed by atoms with Gasteiger partial charge in [0.1, 0.15) is 11.0 Å². The monoisotopic (exact) mass is 244 g/mol. The van der Waals surface area contributed by atoms with Crippen molar-refractivity contribution in [2.75, 3.05) is 5.75 Å². The first kappa shape index (κ1) is 12.8. The summed E-state index contributed by atoms with van der Waals surface area (Å²) in [6.45, 7) is 6.41. The van der Waals surface area contributed by atoms with Crippen LogP contribution in [0.25, 0.3) is 0 Å². The van der Waals surface area contributed by atoms with Crippen molar-refractivity contribution in [3.05, 3.63) is 22.7 Å². The molecule has 1 rings (SSSR count). The Hall–Kier alpha value is -0.280. The topological polar surface area (TPSA) is 25.8 Å². The Bertz CT molecular complexity index is 295. The van der Waals surface area contributed by atoms with Gasteiger partial charge in [-0.15, -0.1) is 0 Å². The zero-order valence-corrected chi connectivity index (χ0v) is 11.0. The van der Waals surface area contributed by atoms with Crippen molar-refractivity contribution in [3.8, 4) is 0 Å². The van der Waals surface area contributed by atoms with Crippen LogP contribution in [0.3, 0.4) is 0 Å². The first-order valence-corrected chi connectivity index (χ1v) is 6.69. The molecule has 0 saturated carbocycles. The van der Waals surface area contributed by atoms with E-state index < -0.39 is 0 Å². The van der Waals surface area contributed by atoms with Crippen LogP contribution in [-0.4, -0.2) is 15.7 Å². The zero-order chi connectivity index (χ0) is 11.3. The van der Waals surface area contributed by atoms with Gasteiger partial charge in [0.2, 0.25) is 0 Å². The predicted octanol–water partition coefficient (Wildman–Crippen LogP) is 3.72. The van der Waals surface area contributed by atoms with Gasteiger partial charge in [0, 0.05) is 5.69 Å². The van der Waals surface area contributed by atoms with Gasteiger partial charge in [-0.1, -0.05) is 25.4 Å². The Labute approximate surface area is 101 Å². The standard InChI is InChI=1S/C11H17ClN2S/c1-8(2)4-5-15-7-11-13-9(3)6-10(12)14-11/h6,8H,4-5,7H2,1-3H3. The number of hydrogen-bond donors (Lipinski definition) is 0. The highest BCUT2D eigenvalue weighted by molar-refractivity contribution is 7.98. The van der Waals surface area contributed by atoms with Gasteiger partial charge in [0.25, 0.3) is 0 Å². The summed E-state index contributed by atoms with van der Waals surface area (Å²) < 4.78 is 0. The third kappa shape index (κ3) is 5.38. The molecule has 0 aliphatic heterocycles. The van der Waals surface area contributed by atoms with Crippen molar-refractivity contribution in [2.24, 2.45) is 5.92 Å². The lowest BCUT2D eigenvalue weighted by Gasteiger charge is -2.04. The van der Waals surface area contributed by atoms with E-state index in [1.165, 1.54) is 6.42 Å². The van der Waals surface area contributed by atoms with Crippen LogP contribution in [0.4, 0.5) is 0 Å². The molecular formula is C11H17ClN2S. The maximum Gasteiger partial charge on any atom is 0.140 e. The molecule has 1 aromatic rings. The summed E-state index contributed by atoms with van der Waals surface area (Å²) in [4.78, 5) is 8.52. The Morgan fingerprint density at radius 2 is 2.13 bits per heavy atom. The molecule has 0 amide bonds. The fourth-order valence-corrected chi connectivity index (χ4v) is 2.49. The van der Waals surface area contributed by atoms with Crippen molar-refractivity contribution in [2.45, 2.75) is 32.9 Å². The maximum atomic E-state index is 5.85. The van der Waals surface area contributed by atoms with E-state index in [4.69, 9.17) is 11.6 Å². The second-order valence-electron chi connectivity index (χ2n) is 3.98. The summed E-state index contributed by atoms with van der Waals surface area (Å²) in [7, 11) is 0. The molecule has 0 saturated heterocycles. The highest BCUT2D eigenvalue weighted by Crippen LogP contribution is 2.15. The van der Waals surface area contributed by atoms with Gasteiger partial charge >= 0.3 is 0 Å². The molecule has 1 heterocycles. The molecule has 0 bridgehead atoms. The summed E-state index contributed by atoms with van der Waals surface area (Å²) in [6, 6.07) is 1.78. The molecular weight excluding hydrogens is 228 g/mol. The van der Waals surface area contributed by atoms with Crippen LogP contribution in [-0.2, 0) is 5.75 Å². The van der Waals surface area contributed by atoms with Crippen LogP contribution in [0.15, 0.2) is 6.07 Å². The summed E-state index contributed by atoms with van der Waals surface area (Å²) in [5.41, 5.74) is 0.939. The van der Waals surface area contributed by atoms with E-state index in [1.807, 2.05) is 18.7 Å². The molecule has 0 aromatic carbocycles. The SMILES string of the molecule is Cc1cc(Cl)nc(CSCCC(C)C)n1. The summed E-state index contributed by atoms with van der Waals surface area (Å²) in [5, 5.41) is 0.543. The van der Waals surface area contributed by atoms with Crippen LogP contribution in [0, 0.1) is 12.8 Å².